The van der Waals surface area contributed by atoms with Crippen molar-refractivity contribution >= 4 is 0 Å². The lowest BCUT2D eigenvalue weighted by Crippen LogP contribution is -2.44. The monoisotopic (exact) mass is 255 g/mol. The summed E-state index contributed by atoms with van der Waals surface area (Å²) in [4.78, 5) is 4.98. The summed E-state index contributed by atoms with van der Waals surface area (Å²) >= 11 is 0. The summed E-state index contributed by atoms with van der Waals surface area (Å²) in [6.45, 7) is 9.63. The Kier molecular flexibility index (Phi) is 7.20. The van der Waals surface area contributed by atoms with Gasteiger partial charge >= 0.3 is 0 Å². The summed E-state index contributed by atoms with van der Waals surface area (Å²) in [5, 5.41) is 3.48. The van der Waals surface area contributed by atoms with E-state index in [1.165, 1.54) is 45.4 Å². The summed E-state index contributed by atoms with van der Waals surface area (Å²) in [5.41, 5.74) is 0. The molecule has 2 unspecified atom stereocenters. The molecular formula is C15H33N3. The average molecular weight is 255 g/mol. The van der Waals surface area contributed by atoms with Crippen LogP contribution in [0.15, 0.2) is 0 Å². The molecule has 1 aliphatic rings. The lowest BCUT2D eigenvalue weighted by molar-refractivity contribution is 0.162. The zero-order valence-electron chi connectivity index (χ0n) is 13.1. The first-order valence-electron chi connectivity index (χ1n) is 7.61. The third kappa shape index (κ3) is 5.25. The Hall–Kier alpha value is -0.120. The average Bonchev–Trinajstić information content (AvgIpc) is 2.37. The van der Waals surface area contributed by atoms with E-state index in [2.05, 4.69) is 50.1 Å². The van der Waals surface area contributed by atoms with Gasteiger partial charge in [-0.05, 0) is 58.9 Å². The molecule has 1 fully saturated rings. The molecule has 0 aromatic rings. The van der Waals surface area contributed by atoms with Crippen LogP contribution >= 0.6 is 0 Å². The van der Waals surface area contributed by atoms with Gasteiger partial charge in [-0.2, -0.15) is 0 Å². The van der Waals surface area contributed by atoms with Crippen molar-refractivity contribution in [1.82, 2.24) is 15.1 Å². The molecule has 1 heterocycles. The zero-order valence-corrected chi connectivity index (χ0v) is 13.1. The number of rotatable bonds is 7. The van der Waals surface area contributed by atoms with E-state index in [0.717, 1.165) is 11.8 Å². The van der Waals surface area contributed by atoms with Crippen molar-refractivity contribution in [2.24, 2.45) is 11.8 Å². The molecular weight excluding hydrogens is 222 g/mol. The van der Waals surface area contributed by atoms with Crippen LogP contribution < -0.4 is 5.32 Å². The van der Waals surface area contributed by atoms with Crippen LogP contribution in [0, 0.1) is 11.8 Å². The molecule has 0 aromatic heterocycles. The standard InChI is InChI=1S/C15H33N3/c1-6-13(2)15(16-3)12-18(5)11-14-7-9-17(4)10-8-14/h13-16H,6-12H2,1-5H3. The summed E-state index contributed by atoms with van der Waals surface area (Å²) < 4.78 is 0. The highest BCUT2D eigenvalue weighted by molar-refractivity contribution is 4.77. The van der Waals surface area contributed by atoms with Crippen LogP contribution in [-0.4, -0.2) is 63.2 Å². The van der Waals surface area contributed by atoms with Gasteiger partial charge in [0.1, 0.15) is 0 Å². The van der Waals surface area contributed by atoms with E-state index in [1.807, 2.05) is 0 Å². The van der Waals surface area contributed by atoms with E-state index >= 15 is 0 Å². The number of likely N-dealkylation sites (N-methyl/N-ethyl adjacent to an activating group) is 2. The van der Waals surface area contributed by atoms with Crippen molar-refractivity contribution in [2.45, 2.75) is 39.2 Å². The molecule has 18 heavy (non-hydrogen) atoms. The maximum absolute atomic E-state index is 3.48. The van der Waals surface area contributed by atoms with Gasteiger partial charge in [-0.25, -0.2) is 0 Å². The summed E-state index contributed by atoms with van der Waals surface area (Å²) in [5.74, 6) is 1.66. The van der Waals surface area contributed by atoms with Crippen molar-refractivity contribution in [2.75, 3.05) is 47.3 Å². The Balaban J connectivity index is 2.29. The second-order valence-corrected chi connectivity index (χ2v) is 6.25. The second-order valence-electron chi connectivity index (χ2n) is 6.25. The lowest BCUT2D eigenvalue weighted by atomic mass is 9.95. The third-order valence-corrected chi connectivity index (χ3v) is 4.62. The Morgan fingerprint density at radius 2 is 1.94 bits per heavy atom. The molecule has 0 radical (unpaired) electrons. The second kappa shape index (κ2) is 8.13. The summed E-state index contributed by atoms with van der Waals surface area (Å²) in [7, 11) is 6.62. The van der Waals surface area contributed by atoms with E-state index in [-0.39, 0.29) is 0 Å². The molecule has 1 aliphatic heterocycles. The number of nitrogens with zero attached hydrogens (tertiary/aromatic N) is 2. The van der Waals surface area contributed by atoms with Gasteiger partial charge < -0.3 is 15.1 Å². The molecule has 0 bridgehead atoms. The molecule has 108 valence electrons. The lowest BCUT2D eigenvalue weighted by Gasteiger charge is -2.34. The topological polar surface area (TPSA) is 18.5 Å². The van der Waals surface area contributed by atoms with Crippen LogP contribution in [0.5, 0.6) is 0 Å². The zero-order chi connectivity index (χ0) is 13.5. The fourth-order valence-electron chi connectivity index (χ4n) is 2.94. The van der Waals surface area contributed by atoms with Crippen LogP contribution in [0.1, 0.15) is 33.1 Å². The number of piperidine rings is 1. The molecule has 0 aromatic carbocycles. The van der Waals surface area contributed by atoms with Gasteiger partial charge in [-0.15, -0.1) is 0 Å². The van der Waals surface area contributed by atoms with Crippen LogP contribution in [-0.2, 0) is 0 Å². The minimum absolute atomic E-state index is 0.631. The van der Waals surface area contributed by atoms with Crippen molar-refractivity contribution in [1.29, 1.82) is 0 Å². The van der Waals surface area contributed by atoms with Crippen molar-refractivity contribution in [3.8, 4) is 0 Å². The van der Waals surface area contributed by atoms with Crippen LogP contribution in [0.3, 0.4) is 0 Å². The first-order chi connectivity index (χ1) is 8.56. The molecule has 0 aliphatic carbocycles. The minimum atomic E-state index is 0.631. The molecule has 3 heteroatoms. The molecule has 0 spiro atoms. The number of likely N-dealkylation sites (tertiary alicyclic amines) is 1. The number of hydrogen-bond donors (Lipinski definition) is 1. The highest BCUT2D eigenvalue weighted by Gasteiger charge is 2.20. The number of hydrogen-bond acceptors (Lipinski definition) is 3. The van der Waals surface area contributed by atoms with E-state index < -0.39 is 0 Å². The molecule has 1 saturated heterocycles. The van der Waals surface area contributed by atoms with Gasteiger partial charge in [0, 0.05) is 19.1 Å². The van der Waals surface area contributed by atoms with Gasteiger partial charge in [0.25, 0.3) is 0 Å². The molecule has 3 nitrogen and oxygen atoms in total. The Bertz CT molecular complexity index is 212. The van der Waals surface area contributed by atoms with Crippen LogP contribution in [0.25, 0.3) is 0 Å². The van der Waals surface area contributed by atoms with Crippen molar-refractivity contribution < 1.29 is 0 Å². The maximum atomic E-state index is 3.48. The largest absolute Gasteiger partial charge is 0.315 e. The fraction of sp³-hybridized carbons (Fsp3) is 1.00. The normalized spacial score (nSPS) is 22.3. The SMILES string of the molecule is CCC(C)C(CN(C)CC1CCN(C)CC1)NC. The predicted molar refractivity (Wildman–Crippen MR) is 80.0 cm³/mol. The predicted octanol–water partition coefficient (Wildman–Crippen LogP) is 1.89. The smallest absolute Gasteiger partial charge is 0.0217 e. The minimum Gasteiger partial charge on any atom is -0.315 e. The van der Waals surface area contributed by atoms with Crippen LogP contribution in [0.2, 0.25) is 0 Å². The van der Waals surface area contributed by atoms with E-state index in [4.69, 9.17) is 0 Å². The highest BCUT2D eigenvalue weighted by Crippen LogP contribution is 2.17. The molecule has 0 amide bonds. The van der Waals surface area contributed by atoms with Crippen molar-refractivity contribution in [3.05, 3.63) is 0 Å². The molecule has 0 saturated carbocycles. The molecule has 1 rings (SSSR count). The summed E-state index contributed by atoms with van der Waals surface area (Å²) in [6, 6.07) is 0.631. The van der Waals surface area contributed by atoms with Gasteiger partial charge in [-0.1, -0.05) is 20.3 Å². The maximum Gasteiger partial charge on any atom is 0.0217 e. The van der Waals surface area contributed by atoms with E-state index in [0.29, 0.717) is 6.04 Å². The van der Waals surface area contributed by atoms with Gasteiger partial charge in [0.2, 0.25) is 0 Å². The Morgan fingerprint density at radius 1 is 1.33 bits per heavy atom. The Labute approximate surface area is 114 Å². The third-order valence-electron chi connectivity index (χ3n) is 4.62. The quantitative estimate of drug-likeness (QED) is 0.749. The first kappa shape index (κ1) is 15.9. The fourth-order valence-corrected chi connectivity index (χ4v) is 2.94. The van der Waals surface area contributed by atoms with Crippen LogP contribution in [0.4, 0.5) is 0 Å². The highest BCUT2D eigenvalue weighted by atomic mass is 15.1. The van der Waals surface area contributed by atoms with E-state index in [1.54, 1.807) is 0 Å². The summed E-state index contributed by atoms with van der Waals surface area (Å²) in [6.07, 6.45) is 4.00. The first-order valence-corrected chi connectivity index (χ1v) is 7.61. The molecule has 2 atom stereocenters. The van der Waals surface area contributed by atoms with Gasteiger partial charge in [0.15, 0.2) is 0 Å². The van der Waals surface area contributed by atoms with Gasteiger partial charge in [-0.3, -0.25) is 0 Å². The molecule has 1 N–H and O–H groups in total. The van der Waals surface area contributed by atoms with Crippen molar-refractivity contribution in [3.63, 3.8) is 0 Å². The number of nitrogens with one attached hydrogen (secondary N) is 1. The van der Waals surface area contributed by atoms with E-state index in [9.17, 15) is 0 Å². The Morgan fingerprint density at radius 3 is 2.44 bits per heavy atom. The van der Waals surface area contributed by atoms with Gasteiger partial charge in [0.05, 0.1) is 0 Å².